The number of thioether (sulfide) groups is 1. The van der Waals surface area contributed by atoms with E-state index in [9.17, 15) is 4.79 Å². The molecule has 0 saturated heterocycles. The number of aryl methyl sites for hydroxylation is 3. The second kappa shape index (κ2) is 9.61. The summed E-state index contributed by atoms with van der Waals surface area (Å²) in [6.07, 6.45) is 0. The molecule has 0 radical (unpaired) electrons. The first-order valence-corrected chi connectivity index (χ1v) is 10.7. The minimum absolute atomic E-state index is 0.0591. The van der Waals surface area contributed by atoms with Crippen LogP contribution >= 0.6 is 11.8 Å². The van der Waals surface area contributed by atoms with Crippen molar-refractivity contribution in [3.05, 3.63) is 106 Å². The third kappa shape index (κ3) is 5.74. The van der Waals surface area contributed by atoms with Crippen molar-refractivity contribution < 1.29 is 4.79 Å². The third-order valence-corrected chi connectivity index (χ3v) is 5.64. The lowest BCUT2D eigenvalue weighted by Crippen LogP contribution is -2.30. The van der Waals surface area contributed by atoms with Gasteiger partial charge in [0.05, 0.1) is 11.8 Å². The van der Waals surface area contributed by atoms with Gasteiger partial charge in [-0.3, -0.25) is 4.79 Å². The van der Waals surface area contributed by atoms with Gasteiger partial charge in [0.1, 0.15) is 0 Å². The Morgan fingerprint density at radius 2 is 1.43 bits per heavy atom. The van der Waals surface area contributed by atoms with Gasteiger partial charge in [0, 0.05) is 5.75 Å². The summed E-state index contributed by atoms with van der Waals surface area (Å²) in [5.74, 6) is 1.35. The first kappa shape index (κ1) is 20.2. The average molecular weight is 390 g/mol. The molecule has 3 rings (SSSR count). The van der Waals surface area contributed by atoms with E-state index in [1.54, 1.807) is 11.8 Å². The van der Waals surface area contributed by atoms with Crippen LogP contribution in [0.3, 0.4) is 0 Å². The molecule has 3 aromatic rings. The largest absolute Gasteiger partial charge is 0.344 e. The Balaban J connectivity index is 1.65. The van der Waals surface area contributed by atoms with Gasteiger partial charge in [-0.1, -0.05) is 89.5 Å². The van der Waals surface area contributed by atoms with Crippen molar-refractivity contribution >= 4 is 17.7 Å². The summed E-state index contributed by atoms with van der Waals surface area (Å²) in [7, 11) is 0. The maximum atomic E-state index is 12.7. The number of hydrogen-bond donors (Lipinski definition) is 1. The van der Waals surface area contributed by atoms with Crippen LogP contribution in [0.4, 0.5) is 0 Å². The zero-order valence-corrected chi connectivity index (χ0v) is 17.6. The van der Waals surface area contributed by atoms with Crippen LogP contribution in [0.2, 0.25) is 0 Å². The number of amides is 1. The molecule has 0 saturated carbocycles. The van der Waals surface area contributed by atoms with Crippen LogP contribution in [0, 0.1) is 20.8 Å². The van der Waals surface area contributed by atoms with Crippen molar-refractivity contribution in [3.8, 4) is 0 Å². The highest BCUT2D eigenvalue weighted by Gasteiger charge is 2.16. The molecule has 0 aliphatic heterocycles. The molecule has 0 aromatic heterocycles. The summed E-state index contributed by atoms with van der Waals surface area (Å²) in [6, 6.07) is 24.9. The second-order valence-corrected chi connectivity index (χ2v) is 8.30. The number of rotatable bonds is 7. The van der Waals surface area contributed by atoms with Crippen molar-refractivity contribution in [2.24, 2.45) is 0 Å². The molecular weight excluding hydrogens is 362 g/mol. The van der Waals surface area contributed by atoms with Crippen LogP contribution < -0.4 is 5.32 Å². The van der Waals surface area contributed by atoms with E-state index >= 15 is 0 Å². The predicted molar refractivity (Wildman–Crippen MR) is 120 cm³/mol. The molecule has 28 heavy (non-hydrogen) atoms. The Hall–Kier alpha value is -2.52. The maximum Gasteiger partial charge on any atom is 0.230 e. The van der Waals surface area contributed by atoms with Gasteiger partial charge < -0.3 is 5.32 Å². The average Bonchev–Trinajstić information content (AvgIpc) is 2.67. The third-order valence-electron chi connectivity index (χ3n) is 4.63. The second-order valence-electron chi connectivity index (χ2n) is 7.31. The Bertz CT molecular complexity index is 899. The normalized spacial score (nSPS) is 11.8. The lowest BCUT2D eigenvalue weighted by Gasteiger charge is -2.20. The fourth-order valence-corrected chi connectivity index (χ4v) is 4.15. The van der Waals surface area contributed by atoms with E-state index in [0.29, 0.717) is 5.75 Å². The van der Waals surface area contributed by atoms with Crippen LogP contribution in [-0.2, 0) is 10.5 Å². The molecule has 1 amide bonds. The summed E-state index contributed by atoms with van der Waals surface area (Å²) in [4.78, 5) is 12.7. The van der Waals surface area contributed by atoms with E-state index in [1.807, 2.05) is 18.2 Å². The zero-order chi connectivity index (χ0) is 19.9. The van der Waals surface area contributed by atoms with E-state index < -0.39 is 0 Å². The van der Waals surface area contributed by atoms with E-state index in [4.69, 9.17) is 0 Å². The highest BCUT2D eigenvalue weighted by molar-refractivity contribution is 7.99. The zero-order valence-electron chi connectivity index (χ0n) is 16.7. The van der Waals surface area contributed by atoms with Crippen LogP contribution in [0.25, 0.3) is 0 Å². The van der Waals surface area contributed by atoms with Crippen LogP contribution in [0.5, 0.6) is 0 Å². The number of nitrogens with one attached hydrogen (secondary N) is 1. The minimum Gasteiger partial charge on any atom is -0.344 e. The van der Waals surface area contributed by atoms with Gasteiger partial charge in [-0.25, -0.2) is 0 Å². The Labute approximate surface area is 172 Å². The molecule has 0 bridgehead atoms. The van der Waals surface area contributed by atoms with Crippen molar-refractivity contribution in [2.45, 2.75) is 32.6 Å². The first-order valence-electron chi connectivity index (χ1n) is 9.57. The van der Waals surface area contributed by atoms with Crippen LogP contribution in [0.1, 0.15) is 39.4 Å². The summed E-state index contributed by atoms with van der Waals surface area (Å²) >= 11 is 1.65. The summed E-state index contributed by atoms with van der Waals surface area (Å²) in [6.45, 7) is 6.29. The van der Waals surface area contributed by atoms with Crippen molar-refractivity contribution in [1.29, 1.82) is 0 Å². The van der Waals surface area contributed by atoms with Crippen LogP contribution in [0.15, 0.2) is 72.8 Å². The maximum absolute atomic E-state index is 12.7. The van der Waals surface area contributed by atoms with Gasteiger partial charge in [0.15, 0.2) is 0 Å². The Kier molecular flexibility index (Phi) is 6.94. The molecule has 0 heterocycles. The van der Waals surface area contributed by atoms with Crippen molar-refractivity contribution in [2.75, 3.05) is 5.75 Å². The lowest BCUT2D eigenvalue weighted by atomic mass is 9.98. The van der Waals surface area contributed by atoms with Gasteiger partial charge in [0.2, 0.25) is 5.91 Å². The molecule has 1 atom stereocenters. The predicted octanol–water partition coefficient (Wildman–Crippen LogP) is 5.75. The smallest absolute Gasteiger partial charge is 0.230 e. The summed E-state index contributed by atoms with van der Waals surface area (Å²) < 4.78 is 0. The Morgan fingerprint density at radius 3 is 2.07 bits per heavy atom. The fourth-order valence-electron chi connectivity index (χ4n) is 3.38. The molecule has 0 spiro atoms. The number of carbonyl (C=O) groups excluding carboxylic acids is 1. The van der Waals surface area contributed by atoms with Gasteiger partial charge in [-0.05, 0) is 37.5 Å². The SMILES string of the molecule is Cc1ccc([C@@H](NC(=O)CSCc2cc(C)cc(C)c2)c2ccccc2)cc1. The molecule has 0 aliphatic carbocycles. The number of benzene rings is 3. The van der Waals surface area contributed by atoms with Crippen LogP contribution in [-0.4, -0.2) is 11.7 Å². The van der Waals surface area contributed by atoms with Gasteiger partial charge in [0.25, 0.3) is 0 Å². The number of hydrogen-bond acceptors (Lipinski definition) is 2. The van der Waals surface area contributed by atoms with Gasteiger partial charge in [-0.2, -0.15) is 0 Å². The quantitative estimate of drug-likeness (QED) is 0.557. The lowest BCUT2D eigenvalue weighted by molar-refractivity contribution is -0.119. The van der Waals surface area contributed by atoms with E-state index in [1.165, 1.54) is 22.3 Å². The molecule has 1 N–H and O–H groups in total. The molecule has 0 unspecified atom stereocenters. The molecule has 0 aliphatic rings. The van der Waals surface area contributed by atoms with E-state index in [-0.39, 0.29) is 11.9 Å². The molecule has 3 aromatic carbocycles. The monoisotopic (exact) mass is 389 g/mol. The minimum atomic E-state index is -0.129. The first-order chi connectivity index (χ1) is 13.5. The topological polar surface area (TPSA) is 29.1 Å². The highest BCUT2D eigenvalue weighted by Crippen LogP contribution is 2.23. The van der Waals surface area contributed by atoms with E-state index in [0.717, 1.165) is 16.9 Å². The van der Waals surface area contributed by atoms with E-state index in [2.05, 4.69) is 80.7 Å². The van der Waals surface area contributed by atoms with Crippen molar-refractivity contribution in [1.82, 2.24) is 5.32 Å². The molecule has 3 heteroatoms. The number of carbonyl (C=O) groups is 1. The summed E-state index contributed by atoms with van der Waals surface area (Å²) in [5.41, 5.74) is 7.22. The molecular formula is C25H27NOS. The summed E-state index contributed by atoms with van der Waals surface area (Å²) in [5, 5.41) is 3.22. The fraction of sp³-hybridized carbons (Fsp3) is 0.240. The molecule has 144 valence electrons. The molecule has 2 nitrogen and oxygen atoms in total. The van der Waals surface area contributed by atoms with Gasteiger partial charge in [-0.15, -0.1) is 11.8 Å². The Morgan fingerprint density at radius 1 is 0.821 bits per heavy atom. The highest BCUT2D eigenvalue weighted by atomic mass is 32.2. The molecule has 0 fully saturated rings. The van der Waals surface area contributed by atoms with Gasteiger partial charge >= 0.3 is 0 Å². The standard InChI is InChI=1S/C25H27NOS/c1-18-9-11-23(12-10-18)25(22-7-5-4-6-8-22)26-24(27)17-28-16-21-14-19(2)13-20(3)15-21/h4-15,25H,16-17H2,1-3H3,(H,26,27)/t25-/m0/s1. The van der Waals surface area contributed by atoms with Crippen molar-refractivity contribution in [3.63, 3.8) is 0 Å².